The van der Waals surface area contributed by atoms with Gasteiger partial charge in [-0.25, -0.2) is 8.42 Å². The zero-order valence-corrected chi connectivity index (χ0v) is 14.5. The van der Waals surface area contributed by atoms with Gasteiger partial charge in [0.1, 0.15) is 6.54 Å². The number of anilines is 1. The molecule has 0 atom stereocenters. The third kappa shape index (κ3) is 3.96. The van der Waals surface area contributed by atoms with E-state index in [1.165, 1.54) is 30.3 Å². The van der Waals surface area contributed by atoms with Gasteiger partial charge in [-0.1, -0.05) is 23.2 Å². The van der Waals surface area contributed by atoms with E-state index in [1.807, 2.05) is 0 Å². The zero-order chi connectivity index (χ0) is 17.2. The predicted octanol–water partition coefficient (Wildman–Crippen LogP) is 2.98. The first kappa shape index (κ1) is 17.6. The number of sulfonamides is 1. The smallest absolute Gasteiger partial charge is 0.264 e. The lowest BCUT2D eigenvalue weighted by atomic mass is 10.2. The Morgan fingerprint density at radius 1 is 1.13 bits per heavy atom. The summed E-state index contributed by atoms with van der Waals surface area (Å²) in [5.41, 5.74) is 6.20. The zero-order valence-electron chi connectivity index (χ0n) is 12.2. The molecule has 0 fully saturated rings. The molecule has 2 aromatic rings. The maximum atomic E-state index is 12.8. The van der Waals surface area contributed by atoms with Crippen LogP contribution in [0.5, 0.6) is 0 Å². The number of nitrogens with two attached hydrogens (primary N) is 1. The summed E-state index contributed by atoms with van der Waals surface area (Å²) in [7, 11) is -3.96. The number of halogens is 2. The number of nitrogens with zero attached hydrogens (tertiary/aromatic N) is 1. The Hall–Kier alpha value is -1.76. The molecule has 0 saturated heterocycles. The van der Waals surface area contributed by atoms with Gasteiger partial charge < -0.3 is 5.73 Å². The van der Waals surface area contributed by atoms with Crippen molar-refractivity contribution in [2.24, 2.45) is 5.73 Å². The average Bonchev–Trinajstić information content (AvgIpc) is 2.48. The molecular weight excluding hydrogens is 359 g/mol. The Morgan fingerprint density at radius 2 is 1.74 bits per heavy atom. The molecule has 0 spiro atoms. The van der Waals surface area contributed by atoms with E-state index >= 15 is 0 Å². The second-order valence-electron chi connectivity index (χ2n) is 4.87. The Kier molecular flexibility index (Phi) is 5.19. The standard InChI is InChI=1S/C15H14Cl2N2O3S/c1-10-8-12(4-7-14(10)17)19(9-15(18)20)23(21,22)13-5-2-11(16)3-6-13/h2-8H,9H2,1H3,(H2,18,20). The highest BCUT2D eigenvalue weighted by atomic mass is 35.5. The van der Waals surface area contributed by atoms with Crippen molar-refractivity contribution < 1.29 is 13.2 Å². The number of carbonyl (C=O) groups is 1. The van der Waals surface area contributed by atoms with Crippen LogP contribution in [0, 0.1) is 6.92 Å². The summed E-state index contributed by atoms with van der Waals surface area (Å²) >= 11 is 11.7. The number of carbonyl (C=O) groups excluding carboxylic acids is 1. The molecule has 0 aliphatic carbocycles. The van der Waals surface area contributed by atoms with Crippen LogP contribution in [0.25, 0.3) is 0 Å². The van der Waals surface area contributed by atoms with Gasteiger partial charge in [-0.3, -0.25) is 9.10 Å². The Labute approximate surface area is 144 Å². The monoisotopic (exact) mass is 372 g/mol. The maximum Gasteiger partial charge on any atom is 0.264 e. The molecule has 0 aliphatic heterocycles. The minimum atomic E-state index is -3.96. The third-order valence-corrected chi connectivity index (χ3v) is 5.59. The van der Waals surface area contributed by atoms with Gasteiger partial charge in [-0.15, -0.1) is 0 Å². The summed E-state index contributed by atoms with van der Waals surface area (Å²) in [6, 6.07) is 10.3. The van der Waals surface area contributed by atoms with E-state index in [1.54, 1.807) is 19.1 Å². The summed E-state index contributed by atoms with van der Waals surface area (Å²) in [5, 5.41) is 0.907. The highest BCUT2D eigenvalue weighted by Gasteiger charge is 2.26. The molecule has 2 rings (SSSR count). The van der Waals surface area contributed by atoms with E-state index in [2.05, 4.69) is 0 Å². The second kappa shape index (κ2) is 6.78. The van der Waals surface area contributed by atoms with Gasteiger partial charge in [-0.2, -0.15) is 0 Å². The van der Waals surface area contributed by atoms with Crippen molar-refractivity contribution in [1.29, 1.82) is 0 Å². The molecule has 0 saturated carbocycles. The van der Waals surface area contributed by atoms with Crippen LogP contribution in [-0.4, -0.2) is 20.9 Å². The lowest BCUT2D eigenvalue weighted by molar-refractivity contribution is -0.116. The highest BCUT2D eigenvalue weighted by Crippen LogP contribution is 2.27. The SMILES string of the molecule is Cc1cc(N(CC(N)=O)S(=O)(=O)c2ccc(Cl)cc2)ccc1Cl. The maximum absolute atomic E-state index is 12.8. The third-order valence-electron chi connectivity index (χ3n) is 3.13. The highest BCUT2D eigenvalue weighted by molar-refractivity contribution is 7.92. The number of aryl methyl sites for hydroxylation is 1. The molecule has 0 bridgehead atoms. The van der Waals surface area contributed by atoms with E-state index < -0.39 is 22.5 Å². The first-order valence-corrected chi connectivity index (χ1v) is 8.74. The van der Waals surface area contributed by atoms with Crippen molar-refractivity contribution in [1.82, 2.24) is 0 Å². The Balaban J connectivity index is 2.55. The second-order valence-corrected chi connectivity index (χ2v) is 7.57. The molecule has 122 valence electrons. The van der Waals surface area contributed by atoms with Crippen LogP contribution in [0.1, 0.15) is 5.56 Å². The molecule has 2 aromatic carbocycles. The molecule has 0 radical (unpaired) electrons. The van der Waals surface area contributed by atoms with Crippen LogP contribution < -0.4 is 10.0 Å². The Morgan fingerprint density at radius 3 is 2.26 bits per heavy atom. The van der Waals surface area contributed by atoms with Crippen LogP contribution in [0.15, 0.2) is 47.4 Å². The van der Waals surface area contributed by atoms with Crippen LogP contribution >= 0.6 is 23.2 Å². The Bertz CT molecular complexity index is 836. The van der Waals surface area contributed by atoms with Crippen LogP contribution in [-0.2, 0) is 14.8 Å². The summed E-state index contributed by atoms with van der Waals surface area (Å²) in [6.45, 7) is 1.26. The molecule has 0 aromatic heterocycles. The molecular formula is C15H14Cl2N2O3S. The quantitative estimate of drug-likeness (QED) is 0.875. The molecule has 0 aliphatic rings. The van der Waals surface area contributed by atoms with Crippen LogP contribution in [0.3, 0.4) is 0 Å². The van der Waals surface area contributed by atoms with Gasteiger partial charge in [0.15, 0.2) is 0 Å². The van der Waals surface area contributed by atoms with Crippen LogP contribution in [0.4, 0.5) is 5.69 Å². The largest absolute Gasteiger partial charge is 0.368 e. The van der Waals surface area contributed by atoms with E-state index in [9.17, 15) is 13.2 Å². The van der Waals surface area contributed by atoms with Crippen molar-refractivity contribution >= 4 is 44.8 Å². The normalized spacial score (nSPS) is 11.3. The number of hydrogen-bond donors (Lipinski definition) is 1. The summed E-state index contributed by atoms with van der Waals surface area (Å²) < 4.78 is 26.6. The van der Waals surface area contributed by atoms with Gasteiger partial charge in [-0.05, 0) is 55.0 Å². The van der Waals surface area contributed by atoms with Crippen molar-refractivity contribution in [3.05, 3.63) is 58.1 Å². The van der Waals surface area contributed by atoms with Crippen molar-refractivity contribution in [2.45, 2.75) is 11.8 Å². The van der Waals surface area contributed by atoms with Gasteiger partial charge in [0, 0.05) is 10.0 Å². The number of primary amides is 1. The van der Waals surface area contributed by atoms with E-state index in [-0.39, 0.29) is 4.90 Å². The van der Waals surface area contributed by atoms with Gasteiger partial charge >= 0.3 is 0 Å². The number of benzene rings is 2. The fraction of sp³-hybridized carbons (Fsp3) is 0.133. The van der Waals surface area contributed by atoms with Crippen LogP contribution in [0.2, 0.25) is 10.0 Å². The molecule has 0 heterocycles. The van der Waals surface area contributed by atoms with E-state index in [0.29, 0.717) is 21.3 Å². The number of amides is 1. The minimum Gasteiger partial charge on any atom is -0.368 e. The topological polar surface area (TPSA) is 80.5 Å². The predicted molar refractivity (Wildman–Crippen MR) is 91.4 cm³/mol. The fourth-order valence-corrected chi connectivity index (χ4v) is 3.64. The number of rotatable bonds is 5. The van der Waals surface area contributed by atoms with Gasteiger partial charge in [0.25, 0.3) is 10.0 Å². The van der Waals surface area contributed by atoms with Crippen molar-refractivity contribution in [3.8, 4) is 0 Å². The molecule has 2 N–H and O–H groups in total. The van der Waals surface area contributed by atoms with Crippen molar-refractivity contribution in [2.75, 3.05) is 10.8 Å². The van der Waals surface area contributed by atoms with Gasteiger partial charge in [0.2, 0.25) is 5.91 Å². The fourth-order valence-electron chi connectivity index (χ4n) is 1.97. The minimum absolute atomic E-state index is 0.00996. The molecule has 1 amide bonds. The average molecular weight is 373 g/mol. The first-order chi connectivity index (χ1) is 10.7. The van der Waals surface area contributed by atoms with Gasteiger partial charge in [0.05, 0.1) is 10.6 Å². The summed E-state index contributed by atoms with van der Waals surface area (Å²) in [4.78, 5) is 11.3. The molecule has 0 unspecified atom stereocenters. The first-order valence-electron chi connectivity index (χ1n) is 6.54. The lowest BCUT2D eigenvalue weighted by Crippen LogP contribution is -2.38. The van der Waals surface area contributed by atoms with E-state index in [4.69, 9.17) is 28.9 Å². The molecule has 5 nitrogen and oxygen atoms in total. The molecule has 23 heavy (non-hydrogen) atoms. The lowest BCUT2D eigenvalue weighted by Gasteiger charge is -2.23. The molecule has 8 heteroatoms. The van der Waals surface area contributed by atoms with E-state index in [0.717, 1.165) is 4.31 Å². The summed E-state index contributed by atoms with van der Waals surface area (Å²) in [5.74, 6) is -0.768. The summed E-state index contributed by atoms with van der Waals surface area (Å²) in [6.07, 6.45) is 0. The van der Waals surface area contributed by atoms with Crippen molar-refractivity contribution in [3.63, 3.8) is 0 Å². The number of hydrogen-bond acceptors (Lipinski definition) is 3.